The number of hydrogen-bond acceptors (Lipinski definition) is 4. The maximum Gasteiger partial charge on any atom is 0.435 e. The third-order valence-electron chi connectivity index (χ3n) is 1.82. The summed E-state index contributed by atoms with van der Waals surface area (Å²) < 4.78 is 37.6. The zero-order valence-electron chi connectivity index (χ0n) is 7.99. The molecule has 8 heteroatoms. The highest BCUT2D eigenvalue weighted by Crippen LogP contribution is 2.38. The van der Waals surface area contributed by atoms with Gasteiger partial charge >= 0.3 is 12.1 Å². The second kappa shape index (κ2) is 4.11. The topological polar surface area (TPSA) is 50.2 Å². The van der Waals surface area contributed by atoms with Gasteiger partial charge in [0.05, 0.1) is 4.88 Å². The molecule has 0 radical (unpaired) electrons. The van der Waals surface area contributed by atoms with Crippen LogP contribution in [0.15, 0.2) is 17.5 Å². The van der Waals surface area contributed by atoms with E-state index in [2.05, 4.69) is 4.98 Å². The number of hydrogen-bond donors (Lipinski definition) is 1. The fraction of sp³-hybridized carbons (Fsp3) is 0.111. The van der Waals surface area contributed by atoms with E-state index >= 15 is 0 Å². The summed E-state index contributed by atoms with van der Waals surface area (Å²) in [6, 6.07) is 3.25. The molecule has 0 aliphatic rings. The molecule has 2 heterocycles. The molecule has 0 saturated carbocycles. The van der Waals surface area contributed by atoms with Gasteiger partial charge in [-0.1, -0.05) is 6.07 Å². The first-order valence-corrected chi connectivity index (χ1v) is 5.94. The molecule has 17 heavy (non-hydrogen) atoms. The number of thiophene rings is 1. The van der Waals surface area contributed by atoms with E-state index < -0.39 is 22.7 Å². The summed E-state index contributed by atoms with van der Waals surface area (Å²) in [6.45, 7) is 0. The average Bonchev–Trinajstić information content (AvgIpc) is 2.85. The Kier molecular flexibility index (Phi) is 2.92. The van der Waals surface area contributed by atoms with Crippen LogP contribution in [0.3, 0.4) is 0 Å². The second-order valence-corrected chi connectivity index (χ2v) is 4.92. The molecule has 1 N–H and O–H groups in total. The number of aromatic nitrogens is 1. The largest absolute Gasteiger partial charge is 0.477 e. The van der Waals surface area contributed by atoms with Crippen molar-refractivity contribution in [3.63, 3.8) is 0 Å². The summed E-state index contributed by atoms with van der Waals surface area (Å²) in [7, 11) is 0. The van der Waals surface area contributed by atoms with Crippen LogP contribution in [0.1, 0.15) is 15.4 Å². The molecule has 3 nitrogen and oxygen atoms in total. The molecule has 0 amide bonds. The first-order valence-electron chi connectivity index (χ1n) is 4.25. The smallest absolute Gasteiger partial charge is 0.435 e. The van der Waals surface area contributed by atoms with Crippen LogP contribution in [0, 0.1) is 0 Å². The Morgan fingerprint density at radius 2 is 2.12 bits per heavy atom. The normalized spacial score (nSPS) is 11.7. The molecule has 0 spiro atoms. The van der Waals surface area contributed by atoms with Gasteiger partial charge in [0.2, 0.25) is 0 Å². The van der Waals surface area contributed by atoms with Crippen LogP contribution >= 0.6 is 22.7 Å². The molecule has 0 aliphatic heterocycles. The quantitative estimate of drug-likeness (QED) is 0.914. The minimum Gasteiger partial charge on any atom is -0.477 e. The second-order valence-electron chi connectivity index (χ2n) is 2.98. The highest BCUT2D eigenvalue weighted by atomic mass is 32.1. The van der Waals surface area contributed by atoms with Gasteiger partial charge < -0.3 is 5.11 Å². The van der Waals surface area contributed by atoms with Gasteiger partial charge in [0.25, 0.3) is 0 Å². The van der Waals surface area contributed by atoms with Crippen molar-refractivity contribution in [2.24, 2.45) is 0 Å². The van der Waals surface area contributed by atoms with Gasteiger partial charge in [0, 0.05) is 0 Å². The Bertz CT molecular complexity index is 545. The van der Waals surface area contributed by atoms with Gasteiger partial charge in [-0.3, -0.25) is 0 Å². The van der Waals surface area contributed by atoms with Crippen molar-refractivity contribution in [2.75, 3.05) is 0 Å². The molecular weight excluding hydrogens is 275 g/mol. The predicted octanol–water partition coefficient (Wildman–Crippen LogP) is 3.59. The van der Waals surface area contributed by atoms with E-state index in [4.69, 9.17) is 5.11 Å². The Balaban J connectivity index is 2.56. The van der Waals surface area contributed by atoms with Crippen molar-refractivity contribution in [1.82, 2.24) is 4.98 Å². The monoisotopic (exact) mass is 279 g/mol. The summed E-state index contributed by atoms with van der Waals surface area (Å²) in [4.78, 5) is 13.8. The lowest BCUT2D eigenvalue weighted by atomic mass is 10.3. The lowest BCUT2D eigenvalue weighted by Crippen LogP contribution is -2.11. The summed E-state index contributed by atoms with van der Waals surface area (Å²) in [5, 5.41) is 10.5. The Hall–Kier alpha value is -1.41. The third kappa shape index (κ3) is 2.32. The zero-order chi connectivity index (χ0) is 12.6. The fourth-order valence-electron chi connectivity index (χ4n) is 1.16. The number of nitrogens with zero attached hydrogens (tertiary/aromatic N) is 1. The molecule has 0 saturated heterocycles. The molecule has 0 fully saturated rings. The zero-order valence-corrected chi connectivity index (χ0v) is 9.62. The van der Waals surface area contributed by atoms with E-state index in [-0.39, 0.29) is 5.01 Å². The summed E-state index contributed by atoms with van der Waals surface area (Å²) in [5.74, 6) is -1.61. The first-order chi connectivity index (χ1) is 7.89. The van der Waals surface area contributed by atoms with Crippen molar-refractivity contribution in [2.45, 2.75) is 6.18 Å². The molecule has 0 bridgehead atoms. The minimum absolute atomic E-state index is 0.0738. The van der Waals surface area contributed by atoms with Crippen LogP contribution in [0.25, 0.3) is 9.88 Å². The van der Waals surface area contributed by atoms with E-state index in [1.807, 2.05) is 0 Å². The number of halogens is 3. The fourth-order valence-corrected chi connectivity index (χ4v) is 2.88. The van der Waals surface area contributed by atoms with Crippen LogP contribution in [-0.2, 0) is 6.18 Å². The number of carboxylic acid groups (broad SMARTS) is 1. The van der Waals surface area contributed by atoms with E-state index in [9.17, 15) is 18.0 Å². The van der Waals surface area contributed by atoms with Crippen LogP contribution in [0.2, 0.25) is 0 Å². The third-order valence-corrected chi connectivity index (χ3v) is 3.90. The molecule has 0 aliphatic carbocycles. The minimum atomic E-state index is -4.75. The number of aromatic carboxylic acids is 1. The molecule has 2 rings (SSSR count). The number of rotatable bonds is 2. The molecule has 0 unspecified atom stereocenters. The van der Waals surface area contributed by atoms with E-state index in [1.54, 1.807) is 17.5 Å². The van der Waals surface area contributed by atoms with Gasteiger partial charge in [-0.25, -0.2) is 9.78 Å². The molecule has 2 aromatic rings. The number of thiazole rings is 1. The van der Waals surface area contributed by atoms with Crippen LogP contribution < -0.4 is 0 Å². The molecular formula is C9H4F3NO2S2. The van der Waals surface area contributed by atoms with Crippen LogP contribution in [-0.4, -0.2) is 16.1 Å². The van der Waals surface area contributed by atoms with E-state index in [0.717, 1.165) is 0 Å². The van der Waals surface area contributed by atoms with Crippen molar-refractivity contribution in [3.05, 3.63) is 28.1 Å². The van der Waals surface area contributed by atoms with Crippen LogP contribution in [0.4, 0.5) is 13.2 Å². The van der Waals surface area contributed by atoms with Crippen molar-refractivity contribution < 1.29 is 23.1 Å². The van der Waals surface area contributed by atoms with Gasteiger partial charge in [-0.05, 0) is 11.4 Å². The summed E-state index contributed by atoms with van der Waals surface area (Å²) in [6.07, 6.45) is -4.75. The van der Waals surface area contributed by atoms with Gasteiger partial charge in [0.1, 0.15) is 9.88 Å². The van der Waals surface area contributed by atoms with E-state index in [0.29, 0.717) is 16.2 Å². The van der Waals surface area contributed by atoms with Crippen LogP contribution in [0.5, 0.6) is 0 Å². The van der Waals surface area contributed by atoms with Crippen molar-refractivity contribution >= 4 is 28.6 Å². The SMILES string of the molecule is O=C(O)c1sc(-c2cccs2)nc1C(F)(F)F. The van der Waals surface area contributed by atoms with Gasteiger partial charge in [-0.15, -0.1) is 22.7 Å². The average molecular weight is 279 g/mol. The lowest BCUT2D eigenvalue weighted by molar-refractivity contribution is -0.141. The molecule has 2 aromatic heterocycles. The molecule has 0 aromatic carbocycles. The Morgan fingerprint density at radius 3 is 2.53 bits per heavy atom. The highest BCUT2D eigenvalue weighted by Gasteiger charge is 2.39. The van der Waals surface area contributed by atoms with E-state index in [1.165, 1.54) is 11.3 Å². The maximum atomic E-state index is 12.5. The van der Waals surface area contributed by atoms with Gasteiger partial charge in [0.15, 0.2) is 5.69 Å². The lowest BCUT2D eigenvalue weighted by Gasteiger charge is -2.02. The molecule has 0 atom stereocenters. The maximum absolute atomic E-state index is 12.5. The Morgan fingerprint density at radius 1 is 1.41 bits per heavy atom. The first kappa shape index (κ1) is 12.1. The Labute approximate surface area is 101 Å². The van der Waals surface area contributed by atoms with Gasteiger partial charge in [-0.2, -0.15) is 13.2 Å². The van der Waals surface area contributed by atoms with Crippen molar-refractivity contribution in [3.8, 4) is 9.88 Å². The number of carboxylic acids is 1. The van der Waals surface area contributed by atoms with Crippen molar-refractivity contribution in [1.29, 1.82) is 0 Å². The standard InChI is InChI=1S/C9H4F3NO2S2/c10-9(11,12)6-5(8(14)15)17-7(13-6)4-2-1-3-16-4/h1-3H,(H,14,15). The predicted molar refractivity (Wildman–Crippen MR) is 57.4 cm³/mol. The number of carbonyl (C=O) groups is 1. The summed E-state index contributed by atoms with van der Waals surface area (Å²) in [5.41, 5.74) is -1.33. The summed E-state index contributed by atoms with van der Waals surface area (Å²) >= 11 is 1.74. The molecule has 90 valence electrons. The number of alkyl halides is 3. The highest BCUT2D eigenvalue weighted by molar-refractivity contribution is 7.22.